The maximum absolute atomic E-state index is 13.4. The number of tetrazole rings is 1. The first-order valence-corrected chi connectivity index (χ1v) is 11.0. The predicted octanol–water partition coefficient (Wildman–Crippen LogP) is 4.48. The molecule has 2 aromatic carbocycles. The van der Waals surface area contributed by atoms with Crippen molar-refractivity contribution in [3.63, 3.8) is 0 Å². The third kappa shape index (κ3) is 4.10. The third-order valence-electron chi connectivity index (χ3n) is 5.17. The molecule has 0 bridgehead atoms. The van der Waals surface area contributed by atoms with E-state index in [4.69, 9.17) is 4.98 Å². The molecule has 4 aromatic rings. The molecule has 0 saturated carbocycles. The summed E-state index contributed by atoms with van der Waals surface area (Å²) in [5.41, 5.74) is 3.05. The summed E-state index contributed by atoms with van der Waals surface area (Å²) in [6, 6.07) is 13.4. The van der Waals surface area contributed by atoms with Crippen LogP contribution in [-0.2, 0) is 0 Å². The molecule has 4 rings (SSSR count). The highest BCUT2D eigenvalue weighted by Gasteiger charge is 2.27. The number of aromatic nitrogens is 6. The second kappa shape index (κ2) is 8.58. The van der Waals surface area contributed by atoms with Crippen LogP contribution in [0.15, 0.2) is 53.3 Å². The molecule has 8 nitrogen and oxygen atoms in total. The minimum atomic E-state index is -0.275. The Morgan fingerprint density at radius 3 is 2.55 bits per heavy atom. The number of benzene rings is 2. The Labute approximate surface area is 188 Å². The highest BCUT2D eigenvalue weighted by Crippen LogP contribution is 2.29. The normalized spacial score (nSPS) is 12.6. The molecule has 0 unspecified atom stereocenters. The van der Waals surface area contributed by atoms with E-state index >= 15 is 0 Å². The van der Waals surface area contributed by atoms with Gasteiger partial charge in [0.2, 0.25) is 0 Å². The molecule has 1 atom stereocenters. The first kappa shape index (κ1) is 21.2. The van der Waals surface area contributed by atoms with Gasteiger partial charge in [0.15, 0.2) is 0 Å². The van der Waals surface area contributed by atoms with Crippen LogP contribution in [0.25, 0.3) is 16.7 Å². The van der Waals surface area contributed by atoms with Gasteiger partial charge in [-0.05, 0) is 60.5 Å². The molecule has 2 heterocycles. The zero-order valence-corrected chi connectivity index (χ0v) is 19.4. The molecule has 31 heavy (non-hydrogen) atoms. The molecule has 2 aromatic heterocycles. The van der Waals surface area contributed by atoms with Gasteiger partial charge < -0.3 is 9.88 Å². The minimum Gasteiger partial charge on any atom is -0.342 e. The van der Waals surface area contributed by atoms with Crippen LogP contribution >= 0.6 is 15.9 Å². The van der Waals surface area contributed by atoms with Gasteiger partial charge in [-0.15, -0.1) is 5.10 Å². The number of halogens is 1. The summed E-state index contributed by atoms with van der Waals surface area (Å²) in [6.45, 7) is 8.41. The number of rotatable bonds is 6. The lowest BCUT2D eigenvalue weighted by atomic mass is 10.0. The van der Waals surface area contributed by atoms with Gasteiger partial charge in [-0.1, -0.05) is 41.9 Å². The van der Waals surface area contributed by atoms with Gasteiger partial charge in [0.25, 0.3) is 5.91 Å². The van der Waals surface area contributed by atoms with E-state index in [9.17, 15) is 4.79 Å². The van der Waals surface area contributed by atoms with E-state index in [1.54, 1.807) is 6.07 Å². The summed E-state index contributed by atoms with van der Waals surface area (Å²) in [7, 11) is 0. The number of nitrogens with one attached hydrogen (secondary N) is 1. The molecule has 1 N–H and O–H groups in total. The molecule has 160 valence electrons. The van der Waals surface area contributed by atoms with Gasteiger partial charge in [0.1, 0.15) is 12.2 Å². The van der Waals surface area contributed by atoms with Gasteiger partial charge in [-0.2, -0.15) is 4.68 Å². The molecule has 0 aliphatic heterocycles. The fraction of sp³-hybridized carbons (Fsp3) is 0.318. The number of imidazole rings is 1. The molecule has 0 saturated heterocycles. The van der Waals surface area contributed by atoms with E-state index in [-0.39, 0.29) is 23.9 Å². The van der Waals surface area contributed by atoms with Crippen molar-refractivity contribution in [3.05, 3.63) is 64.7 Å². The van der Waals surface area contributed by atoms with Crippen LogP contribution in [0, 0.1) is 5.92 Å². The topological polar surface area (TPSA) is 90.5 Å². The third-order valence-corrected chi connectivity index (χ3v) is 5.66. The van der Waals surface area contributed by atoms with Crippen molar-refractivity contribution in [2.45, 2.75) is 39.8 Å². The van der Waals surface area contributed by atoms with Crippen molar-refractivity contribution >= 4 is 32.9 Å². The lowest BCUT2D eigenvalue weighted by Crippen LogP contribution is -2.34. The highest BCUT2D eigenvalue weighted by molar-refractivity contribution is 9.10. The van der Waals surface area contributed by atoms with Crippen molar-refractivity contribution in [2.24, 2.45) is 5.92 Å². The molecular formula is C22H24BrN7O. The molecular weight excluding hydrogens is 458 g/mol. The second-order valence-corrected chi connectivity index (χ2v) is 8.95. The molecule has 9 heteroatoms. The summed E-state index contributed by atoms with van der Waals surface area (Å²) in [6.07, 6.45) is 1.47. The number of para-hydroxylation sites is 2. The van der Waals surface area contributed by atoms with Crippen molar-refractivity contribution < 1.29 is 4.79 Å². The van der Waals surface area contributed by atoms with Crippen LogP contribution in [0.4, 0.5) is 0 Å². The number of carbonyl (C=O) groups is 1. The van der Waals surface area contributed by atoms with E-state index in [0.29, 0.717) is 11.3 Å². The van der Waals surface area contributed by atoms with E-state index < -0.39 is 0 Å². The molecule has 0 fully saturated rings. The largest absolute Gasteiger partial charge is 0.342 e. The second-order valence-electron chi connectivity index (χ2n) is 8.03. The van der Waals surface area contributed by atoms with E-state index in [2.05, 4.69) is 75.1 Å². The lowest BCUT2D eigenvalue weighted by Gasteiger charge is -2.25. The van der Waals surface area contributed by atoms with E-state index in [1.165, 1.54) is 11.0 Å². The Hall–Kier alpha value is -3.07. The van der Waals surface area contributed by atoms with Gasteiger partial charge in [-0.25, -0.2) is 4.98 Å². The summed E-state index contributed by atoms with van der Waals surface area (Å²) in [5, 5.41) is 14.5. The number of hydrogen-bond acceptors (Lipinski definition) is 5. The minimum absolute atomic E-state index is 0.127. The lowest BCUT2D eigenvalue weighted by molar-refractivity contribution is 0.0921. The summed E-state index contributed by atoms with van der Waals surface area (Å²) < 4.78 is 4.48. The van der Waals surface area contributed by atoms with Crippen molar-refractivity contribution in [2.75, 3.05) is 0 Å². The van der Waals surface area contributed by atoms with Crippen LogP contribution in [0.1, 0.15) is 56.0 Å². The number of nitrogens with zero attached hydrogens (tertiary/aromatic N) is 6. The SMILES string of the molecule is CC(C)[C@H](NC(=O)c1cc(Br)ccc1-n1cnnn1)c1nc2ccccc2n1C(C)C. The monoisotopic (exact) mass is 481 g/mol. The molecule has 0 spiro atoms. The van der Waals surface area contributed by atoms with Crippen LogP contribution in [0.5, 0.6) is 0 Å². The highest BCUT2D eigenvalue weighted by atomic mass is 79.9. The van der Waals surface area contributed by atoms with Gasteiger partial charge in [0.05, 0.1) is 28.3 Å². The summed E-state index contributed by atoms with van der Waals surface area (Å²) >= 11 is 3.46. The predicted molar refractivity (Wildman–Crippen MR) is 122 cm³/mol. The average Bonchev–Trinajstić information content (AvgIpc) is 3.39. The quantitative estimate of drug-likeness (QED) is 0.438. The Morgan fingerprint density at radius 1 is 1.10 bits per heavy atom. The van der Waals surface area contributed by atoms with Gasteiger partial charge >= 0.3 is 0 Å². The van der Waals surface area contributed by atoms with Gasteiger partial charge in [0, 0.05) is 10.5 Å². The Kier molecular flexibility index (Phi) is 5.86. The molecule has 0 aliphatic rings. The Bertz CT molecular complexity index is 1210. The summed E-state index contributed by atoms with van der Waals surface area (Å²) in [5.74, 6) is 0.758. The maximum atomic E-state index is 13.4. The number of carbonyl (C=O) groups excluding carboxylic acids is 1. The van der Waals surface area contributed by atoms with Crippen LogP contribution in [-0.4, -0.2) is 35.7 Å². The number of amides is 1. The zero-order chi connectivity index (χ0) is 22.1. The van der Waals surface area contributed by atoms with Crippen molar-refractivity contribution in [1.82, 2.24) is 35.1 Å². The first-order chi connectivity index (χ1) is 14.9. The molecule has 0 radical (unpaired) electrons. The van der Waals surface area contributed by atoms with Crippen LogP contribution in [0.2, 0.25) is 0 Å². The maximum Gasteiger partial charge on any atom is 0.254 e. The smallest absolute Gasteiger partial charge is 0.254 e. The Balaban J connectivity index is 1.76. The number of hydrogen-bond donors (Lipinski definition) is 1. The fourth-order valence-corrected chi connectivity index (χ4v) is 4.10. The van der Waals surface area contributed by atoms with E-state index in [1.807, 2.05) is 30.3 Å². The standard InChI is InChI=1S/C22H24BrN7O/c1-13(2)20(21-25-17-7-5-6-8-19(17)30(21)14(3)4)26-22(31)16-11-15(23)9-10-18(16)29-12-24-27-28-29/h5-14,20H,1-4H3,(H,26,31)/t20-/m0/s1. The van der Waals surface area contributed by atoms with Gasteiger partial charge in [-0.3, -0.25) is 4.79 Å². The van der Waals surface area contributed by atoms with Crippen molar-refractivity contribution in [1.29, 1.82) is 0 Å². The molecule has 0 aliphatic carbocycles. The van der Waals surface area contributed by atoms with Crippen LogP contribution < -0.4 is 5.32 Å². The molecule has 1 amide bonds. The fourth-order valence-electron chi connectivity index (χ4n) is 3.74. The number of fused-ring (bicyclic) bond motifs is 1. The van der Waals surface area contributed by atoms with E-state index in [0.717, 1.165) is 21.3 Å². The first-order valence-electron chi connectivity index (χ1n) is 10.2. The van der Waals surface area contributed by atoms with Crippen molar-refractivity contribution in [3.8, 4) is 5.69 Å². The average molecular weight is 482 g/mol. The Morgan fingerprint density at radius 2 is 1.87 bits per heavy atom. The van der Waals surface area contributed by atoms with Crippen LogP contribution in [0.3, 0.4) is 0 Å². The summed E-state index contributed by atoms with van der Waals surface area (Å²) in [4.78, 5) is 18.3. The zero-order valence-electron chi connectivity index (χ0n) is 17.8.